The van der Waals surface area contributed by atoms with Crippen molar-refractivity contribution in [3.05, 3.63) is 90.3 Å². The van der Waals surface area contributed by atoms with Crippen LogP contribution < -0.4 is 5.73 Å². The van der Waals surface area contributed by atoms with Crippen molar-refractivity contribution in [3.8, 4) is 0 Å². The molecule has 0 saturated carbocycles. The topological polar surface area (TPSA) is 96.3 Å². The van der Waals surface area contributed by atoms with Crippen LogP contribution in [0.25, 0.3) is 0 Å². The Morgan fingerprint density at radius 2 is 0.952 bits per heavy atom. The highest BCUT2D eigenvalue weighted by Gasteiger charge is 2.40. The van der Waals surface area contributed by atoms with Crippen molar-refractivity contribution in [2.45, 2.75) is 5.54 Å². The van der Waals surface area contributed by atoms with Gasteiger partial charge in [-0.25, -0.2) is 0 Å². The van der Waals surface area contributed by atoms with Crippen molar-refractivity contribution in [2.24, 2.45) is 0 Å². The van der Waals surface area contributed by atoms with E-state index in [0.29, 0.717) is 0 Å². The Bertz CT molecular complexity index is 578. The maximum atomic E-state index is 4.46. The summed E-state index contributed by atoms with van der Waals surface area (Å²) < 4.78 is 0. The summed E-state index contributed by atoms with van der Waals surface area (Å²) in [6, 6.07) is 17.4. The molecule has 106 valence electrons. The predicted octanol–water partition coefficient (Wildman–Crippen LogP) is 1.23. The molecule has 0 spiro atoms. The first-order valence-corrected chi connectivity index (χ1v) is 6.41. The van der Waals surface area contributed by atoms with Crippen molar-refractivity contribution in [1.29, 1.82) is 0 Å². The number of nitrogens with zero attached hydrogens (tertiary/aromatic N) is 3. The minimum absolute atomic E-state index is 0. The molecule has 0 bridgehead atoms. The van der Waals surface area contributed by atoms with Gasteiger partial charge in [0.25, 0.3) is 0 Å². The third-order valence-electron chi connectivity index (χ3n) is 3.31. The molecule has 0 amide bonds. The summed E-state index contributed by atoms with van der Waals surface area (Å²) in [5.74, 6) is 0. The molecule has 0 aliphatic rings. The molecule has 0 radical (unpaired) electrons. The Morgan fingerprint density at radius 1 is 0.619 bits per heavy atom. The lowest BCUT2D eigenvalue weighted by Gasteiger charge is -2.23. The van der Waals surface area contributed by atoms with Crippen molar-refractivity contribution < 1.29 is 11.2 Å². The molecule has 0 fully saturated rings. The molecule has 3 rings (SSSR count). The maximum Gasteiger partial charge on any atom is 0.222 e. The summed E-state index contributed by atoms with van der Waals surface area (Å²) in [4.78, 5) is 13.4. The first-order chi connectivity index (χ1) is 9.82. The minimum atomic E-state index is -0.705. The number of quaternary nitrogens is 1. The average molecular weight is 280 g/mol. The van der Waals surface area contributed by atoms with Gasteiger partial charge in [0.2, 0.25) is 5.54 Å². The Balaban J connectivity index is 0.00000161. The Hall–Kier alpha value is -2.63. The molecular formula is C16H16N4O. The van der Waals surface area contributed by atoms with Crippen LogP contribution in [0.3, 0.4) is 0 Å². The zero-order chi connectivity index (χ0) is 13.8. The molecule has 3 heterocycles. The fraction of sp³-hybridized carbons (Fsp3) is 0.0625. The number of hydrogen-bond donors (Lipinski definition) is 1. The van der Waals surface area contributed by atoms with Crippen molar-refractivity contribution in [1.82, 2.24) is 15.0 Å². The van der Waals surface area contributed by atoms with E-state index in [1.807, 2.05) is 54.6 Å². The van der Waals surface area contributed by atoms with Crippen molar-refractivity contribution in [3.63, 3.8) is 0 Å². The Morgan fingerprint density at radius 3 is 1.19 bits per heavy atom. The van der Waals surface area contributed by atoms with E-state index in [0.717, 1.165) is 17.1 Å². The molecule has 5 heteroatoms. The molecule has 0 aromatic carbocycles. The summed E-state index contributed by atoms with van der Waals surface area (Å²) in [6.07, 6.45) is 5.30. The zero-order valence-corrected chi connectivity index (χ0v) is 11.4. The van der Waals surface area contributed by atoms with Crippen LogP contribution in [0, 0.1) is 0 Å². The number of aromatic nitrogens is 3. The van der Waals surface area contributed by atoms with Crippen LogP contribution in [-0.4, -0.2) is 20.4 Å². The molecule has 3 aromatic rings. The smallest absolute Gasteiger partial charge is 0.222 e. The van der Waals surface area contributed by atoms with Crippen LogP contribution in [-0.2, 0) is 5.54 Å². The largest absolute Gasteiger partial charge is 0.870 e. The van der Waals surface area contributed by atoms with Crippen LogP contribution in [0.1, 0.15) is 17.1 Å². The zero-order valence-electron chi connectivity index (χ0n) is 11.4. The van der Waals surface area contributed by atoms with E-state index in [2.05, 4.69) is 20.7 Å². The van der Waals surface area contributed by atoms with Gasteiger partial charge < -0.3 is 11.2 Å². The summed E-state index contributed by atoms with van der Waals surface area (Å²) in [5.41, 5.74) is 6.18. The van der Waals surface area contributed by atoms with Gasteiger partial charge in [-0.3, -0.25) is 15.0 Å². The molecule has 4 N–H and O–H groups in total. The molecular weight excluding hydrogens is 264 g/mol. The van der Waals surface area contributed by atoms with E-state index in [-0.39, 0.29) is 5.48 Å². The van der Waals surface area contributed by atoms with Gasteiger partial charge in [-0.15, -0.1) is 0 Å². The lowest BCUT2D eigenvalue weighted by molar-refractivity contribution is -0.458. The standard InChI is InChI=1S/C16H14N4.H2O/c17-16(13-7-1-4-10-18-13,14-8-2-5-11-19-14)15-9-3-6-12-20-15;/h1-12H,17H2;1H2. The second-order valence-corrected chi connectivity index (χ2v) is 4.55. The summed E-state index contributed by atoms with van der Waals surface area (Å²) in [7, 11) is 0. The highest BCUT2D eigenvalue weighted by atomic mass is 16.0. The molecule has 0 unspecified atom stereocenters. The number of pyridine rings is 3. The third-order valence-corrected chi connectivity index (χ3v) is 3.31. The monoisotopic (exact) mass is 280 g/mol. The SMILES string of the molecule is [NH3+]C(c1ccccn1)(c1ccccn1)c1ccccn1.[OH-]. The van der Waals surface area contributed by atoms with E-state index in [1.165, 1.54) is 0 Å². The summed E-state index contributed by atoms with van der Waals surface area (Å²) >= 11 is 0. The molecule has 0 saturated heterocycles. The first-order valence-electron chi connectivity index (χ1n) is 6.41. The molecule has 3 aromatic heterocycles. The Kier molecular flexibility index (Phi) is 4.37. The fourth-order valence-electron chi connectivity index (χ4n) is 2.24. The van der Waals surface area contributed by atoms with E-state index in [4.69, 9.17) is 0 Å². The van der Waals surface area contributed by atoms with Gasteiger partial charge in [0.05, 0.1) is 0 Å². The molecule has 0 atom stereocenters. The highest BCUT2D eigenvalue weighted by molar-refractivity contribution is 5.37. The minimum Gasteiger partial charge on any atom is -0.870 e. The van der Waals surface area contributed by atoms with Crippen LogP contribution in [0.4, 0.5) is 0 Å². The highest BCUT2D eigenvalue weighted by Crippen LogP contribution is 2.27. The third kappa shape index (κ3) is 2.65. The molecule has 0 aliphatic carbocycles. The Labute approximate surface area is 122 Å². The maximum absolute atomic E-state index is 4.46. The lowest BCUT2D eigenvalue weighted by Crippen LogP contribution is -2.72. The molecule has 5 nitrogen and oxygen atoms in total. The van der Waals surface area contributed by atoms with Gasteiger partial charge in [-0.2, -0.15) is 0 Å². The summed E-state index contributed by atoms with van der Waals surface area (Å²) in [5, 5.41) is 0. The van der Waals surface area contributed by atoms with Crippen molar-refractivity contribution in [2.75, 3.05) is 0 Å². The fourth-order valence-corrected chi connectivity index (χ4v) is 2.24. The van der Waals surface area contributed by atoms with Gasteiger partial charge in [0.15, 0.2) is 0 Å². The van der Waals surface area contributed by atoms with E-state index < -0.39 is 5.54 Å². The number of rotatable bonds is 3. The van der Waals surface area contributed by atoms with Crippen molar-refractivity contribution >= 4 is 0 Å². The van der Waals surface area contributed by atoms with Crippen LogP contribution >= 0.6 is 0 Å². The molecule has 21 heavy (non-hydrogen) atoms. The van der Waals surface area contributed by atoms with Gasteiger partial charge in [0.1, 0.15) is 17.1 Å². The summed E-state index contributed by atoms with van der Waals surface area (Å²) in [6.45, 7) is 0. The van der Waals surface area contributed by atoms with Crippen LogP contribution in [0.2, 0.25) is 0 Å². The average Bonchev–Trinajstić information content (AvgIpc) is 2.56. The second-order valence-electron chi connectivity index (χ2n) is 4.55. The van der Waals surface area contributed by atoms with Gasteiger partial charge in [-0.1, -0.05) is 18.2 Å². The van der Waals surface area contributed by atoms with Gasteiger partial charge in [0, 0.05) is 18.6 Å². The lowest BCUT2D eigenvalue weighted by atomic mass is 9.87. The number of hydrogen-bond acceptors (Lipinski definition) is 4. The quantitative estimate of drug-likeness (QED) is 0.780. The predicted molar refractivity (Wildman–Crippen MR) is 77.4 cm³/mol. The van der Waals surface area contributed by atoms with E-state index in [1.54, 1.807) is 18.6 Å². The second kappa shape index (κ2) is 6.21. The van der Waals surface area contributed by atoms with Crippen LogP contribution in [0.5, 0.6) is 0 Å². The van der Waals surface area contributed by atoms with Gasteiger partial charge in [-0.05, 0) is 36.4 Å². The first kappa shape index (κ1) is 14.8. The van der Waals surface area contributed by atoms with Crippen LogP contribution in [0.15, 0.2) is 73.2 Å². The van der Waals surface area contributed by atoms with E-state index in [9.17, 15) is 0 Å². The molecule has 0 aliphatic heterocycles. The van der Waals surface area contributed by atoms with E-state index >= 15 is 0 Å². The normalized spacial score (nSPS) is 10.7. The van der Waals surface area contributed by atoms with Gasteiger partial charge >= 0.3 is 0 Å².